The number of hydrogen-bond donors (Lipinski definition) is 1. The zero-order valence-electron chi connectivity index (χ0n) is 10.5. The number of carbonyl (C=O) groups is 1. The van der Waals surface area contributed by atoms with E-state index in [1.165, 1.54) is 29.4 Å². The van der Waals surface area contributed by atoms with Crippen LogP contribution in [0.4, 0.5) is 0 Å². The van der Waals surface area contributed by atoms with Gasteiger partial charge >= 0.3 is 5.97 Å². The smallest absolute Gasteiger partial charge is 0.346 e. The Kier molecular flexibility index (Phi) is 3.45. The molecule has 5 nitrogen and oxygen atoms in total. The van der Waals surface area contributed by atoms with E-state index in [9.17, 15) is 9.90 Å². The molecule has 0 aliphatic heterocycles. The molecule has 3 rings (SSSR count). The van der Waals surface area contributed by atoms with Gasteiger partial charge in [0.25, 0.3) is 0 Å². The molecule has 3 aromatic heterocycles. The largest absolute Gasteiger partial charge is 0.477 e. The lowest BCUT2D eigenvalue weighted by Crippen LogP contribution is -1.94. The van der Waals surface area contributed by atoms with E-state index in [0.29, 0.717) is 15.5 Å². The Morgan fingerprint density at radius 1 is 1.50 bits per heavy atom. The van der Waals surface area contributed by atoms with E-state index in [-0.39, 0.29) is 0 Å². The van der Waals surface area contributed by atoms with E-state index >= 15 is 0 Å². The quantitative estimate of drug-likeness (QED) is 0.586. The van der Waals surface area contributed by atoms with Crippen molar-refractivity contribution in [1.29, 1.82) is 0 Å². The number of carboxylic acid groups (broad SMARTS) is 1. The van der Waals surface area contributed by atoms with Crippen molar-refractivity contribution < 1.29 is 14.3 Å². The number of aromatic carboxylic acids is 1. The fourth-order valence-electron chi connectivity index (χ4n) is 1.89. The summed E-state index contributed by atoms with van der Waals surface area (Å²) in [5.41, 5.74) is 0.722. The van der Waals surface area contributed by atoms with Gasteiger partial charge in [-0.15, -0.1) is 11.3 Å². The number of aryl methyl sites for hydroxylation is 1. The molecule has 0 atom stereocenters. The van der Waals surface area contributed by atoms with Gasteiger partial charge in [0.05, 0.1) is 12.0 Å². The van der Waals surface area contributed by atoms with E-state index in [1.807, 2.05) is 12.1 Å². The SMILES string of the molecule is Cc1c(C(=O)O)sc2ncnc(SCc3ccco3)c12. The minimum Gasteiger partial charge on any atom is -0.477 e. The van der Waals surface area contributed by atoms with Crippen LogP contribution < -0.4 is 0 Å². The molecule has 0 fully saturated rings. The van der Waals surface area contributed by atoms with Gasteiger partial charge in [0, 0.05) is 5.39 Å². The van der Waals surface area contributed by atoms with Crippen molar-refractivity contribution >= 4 is 39.3 Å². The van der Waals surface area contributed by atoms with Gasteiger partial charge < -0.3 is 9.52 Å². The first kappa shape index (κ1) is 13.1. The summed E-state index contributed by atoms with van der Waals surface area (Å²) >= 11 is 2.70. The van der Waals surface area contributed by atoms with Crippen molar-refractivity contribution in [2.24, 2.45) is 0 Å². The predicted molar refractivity (Wildman–Crippen MR) is 77.4 cm³/mol. The molecule has 0 aliphatic carbocycles. The average molecular weight is 306 g/mol. The highest BCUT2D eigenvalue weighted by molar-refractivity contribution is 7.98. The Morgan fingerprint density at radius 3 is 3.05 bits per heavy atom. The fourth-order valence-corrected chi connectivity index (χ4v) is 3.90. The molecule has 0 unspecified atom stereocenters. The molecule has 0 aliphatic rings. The second-order valence-corrected chi connectivity index (χ2v) is 6.05. The van der Waals surface area contributed by atoms with E-state index in [0.717, 1.165) is 21.7 Å². The zero-order valence-corrected chi connectivity index (χ0v) is 12.1. The van der Waals surface area contributed by atoms with Crippen molar-refractivity contribution in [3.63, 3.8) is 0 Å². The molecule has 20 heavy (non-hydrogen) atoms. The van der Waals surface area contributed by atoms with Crippen molar-refractivity contribution in [2.45, 2.75) is 17.7 Å². The number of rotatable bonds is 4. The number of nitrogens with zero attached hydrogens (tertiary/aromatic N) is 2. The lowest BCUT2D eigenvalue weighted by Gasteiger charge is -2.01. The van der Waals surface area contributed by atoms with Crippen molar-refractivity contribution in [3.8, 4) is 0 Å². The predicted octanol–water partition coefficient (Wildman–Crippen LogP) is 3.58. The average Bonchev–Trinajstić information content (AvgIpc) is 3.05. The Labute approximate surface area is 122 Å². The van der Waals surface area contributed by atoms with E-state index < -0.39 is 5.97 Å². The molecular formula is C13H10N2O3S2. The Hall–Kier alpha value is -1.86. The molecular weight excluding hydrogens is 296 g/mol. The molecule has 102 valence electrons. The third-order valence-electron chi connectivity index (χ3n) is 2.82. The van der Waals surface area contributed by atoms with Gasteiger partial charge in [0.1, 0.15) is 26.8 Å². The first-order valence-corrected chi connectivity index (χ1v) is 7.59. The summed E-state index contributed by atoms with van der Waals surface area (Å²) in [7, 11) is 0. The summed E-state index contributed by atoms with van der Waals surface area (Å²) in [6.45, 7) is 1.79. The van der Waals surface area contributed by atoms with Crippen molar-refractivity contribution in [1.82, 2.24) is 9.97 Å². The summed E-state index contributed by atoms with van der Waals surface area (Å²) in [5, 5.41) is 10.8. The second kappa shape index (κ2) is 5.26. The first-order chi connectivity index (χ1) is 9.66. The van der Waals surface area contributed by atoms with Crippen LogP contribution in [-0.2, 0) is 5.75 Å². The highest BCUT2D eigenvalue weighted by atomic mass is 32.2. The maximum absolute atomic E-state index is 11.2. The lowest BCUT2D eigenvalue weighted by atomic mass is 10.2. The normalized spacial score (nSPS) is 11.1. The standard InChI is InChI=1S/C13H10N2O3S2/c1-7-9-11(19-5-8-3-2-4-18-8)14-6-15-12(9)20-10(7)13(16)17/h2-4,6H,5H2,1H3,(H,16,17). The number of thioether (sulfide) groups is 1. The van der Waals surface area contributed by atoms with Crippen LogP contribution in [0.15, 0.2) is 34.2 Å². The van der Waals surface area contributed by atoms with Crippen molar-refractivity contribution in [2.75, 3.05) is 0 Å². The van der Waals surface area contributed by atoms with E-state index in [4.69, 9.17) is 4.42 Å². The van der Waals surface area contributed by atoms with Gasteiger partial charge in [0.2, 0.25) is 0 Å². The van der Waals surface area contributed by atoms with E-state index in [2.05, 4.69) is 9.97 Å². The molecule has 0 radical (unpaired) electrons. The number of furan rings is 1. The van der Waals surface area contributed by atoms with Crippen LogP contribution in [0.3, 0.4) is 0 Å². The van der Waals surface area contributed by atoms with Crippen LogP contribution >= 0.6 is 23.1 Å². The fraction of sp³-hybridized carbons (Fsp3) is 0.154. The Morgan fingerprint density at radius 2 is 2.35 bits per heavy atom. The number of thiophene rings is 1. The third-order valence-corrected chi connectivity index (χ3v) is 5.02. The van der Waals surface area contributed by atoms with Crippen LogP contribution in [0, 0.1) is 6.92 Å². The molecule has 0 saturated heterocycles. The minimum absolute atomic E-state index is 0.320. The lowest BCUT2D eigenvalue weighted by molar-refractivity contribution is 0.0701. The number of aromatic nitrogens is 2. The molecule has 0 spiro atoms. The van der Waals surface area contributed by atoms with Crippen LogP contribution in [0.1, 0.15) is 21.0 Å². The van der Waals surface area contributed by atoms with Crippen LogP contribution in [-0.4, -0.2) is 21.0 Å². The van der Waals surface area contributed by atoms with Crippen molar-refractivity contribution in [3.05, 3.63) is 40.9 Å². The Bertz CT molecular complexity index is 765. The maximum Gasteiger partial charge on any atom is 0.346 e. The van der Waals surface area contributed by atoms with Crippen LogP contribution in [0.25, 0.3) is 10.2 Å². The van der Waals surface area contributed by atoms with Gasteiger partial charge in [0.15, 0.2) is 0 Å². The zero-order chi connectivity index (χ0) is 14.1. The van der Waals surface area contributed by atoms with Gasteiger partial charge in [-0.25, -0.2) is 14.8 Å². The third kappa shape index (κ3) is 2.30. The summed E-state index contributed by atoms with van der Waals surface area (Å²) in [6, 6.07) is 3.73. The highest BCUT2D eigenvalue weighted by Crippen LogP contribution is 2.35. The molecule has 0 saturated carbocycles. The molecule has 3 heterocycles. The van der Waals surface area contributed by atoms with Gasteiger partial charge in [-0.1, -0.05) is 11.8 Å². The summed E-state index contributed by atoms with van der Waals surface area (Å²) in [4.78, 5) is 20.6. The highest BCUT2D eigenvalue weighted by Gasteiger charge is 2.18. The van der Waals surface area contributed by atoms with Gasteiger partial charge in [-0.3, -0.25) is 0 Å². The summed E-state index contributed by atoms with van der Waals surface area (Å²) in [6.07, 6.45) is 3.10. The van der Waals surface area contributed by atoms with E-state index in [1.54, 1.807) is 13.2 Å². The molecule has 3 aromatic rings. The molecule has 7 heteroatoms. The summed E-state index contributed by atoms with van der Waals surface area (Å²) in [5.74, 6) is 0.581. The summed E-state index contributed by atoms with van der Waals surface area (Å²) < 4.78 is 5.29. The molecule has 0 amide bonds. The monoisotopic (exact) mass is 306 g/mol. The van der Waals surface area contributed by atoms with Crippen LogP contribution in [0.5, 0.6) is 0 Å². The van der Waals surface area contributed by atoms with Gasteiger partial charge in [-0.2, -0.15) is 0 Å². The number of carboxylic acids is 1. The molecule has 0 aromatic carbocycles. The molecule has 0 bridgehead atoms. The first-order valence-electron chi connectivity index (χ1n) is 5.79. The maximum atomic E-state index is 11.2. The second-order valence-electron chi connectivity index (χ2n) is 4.09. The minimum atomic E-state index is -0.924. The molecule has 1 N–H and O–H groups in total. The number of fused-ring (bicyclic) bond motifs is 1. The topological polar surface area (TPSA) is 76.2 Å². The van der Waals surface area contributed by atoms with Crippen LogP contribution in [0.2, 0.25) is 0 Å². The number of hydrogen-bond acceptors (Lipinski definition) is 6. The Balaban J connectivity index is 2.00. The van der Waals surface area contributed by atoms with Gasteiger partial charge in [-0.05, 0) is 24.6 Å².